The first-order chi connectivity index (χ1) is 15.7. The third-order valence-electron chi connectivity index (χ3n) is 6.29. The number of rotatable bonds is 7. The number of likely N-dealkylation sites (tertiary alicyclic amines) is 1. The number of nitrogens with zero attached hydrogens (tertiary/aromatic N) is 1. The number of aryl methyl sites for hydroxylation is 1. The van der Waals surface area contributed by atoms with E-state index in [9.17, 15) is 0 Å². The van der Waals surface area contributed by atoms with Crippen molar-refractivity contribution in [1.29, 1.82) is 0 Å². The summed E-state index contributed by atoms with van der Waals surface area (Å²) in [5.74, 6) is 0.958. The molecule has 3 aromatic carbocycles. The Morgan fingerprint density at radius 2 is 1.75 bits per heavy atom. The van der Waals surface area contributed by atoms with Crippen molar-refractivity contribution in [3.05, 3.63) is 87.9 Å². The smallest absolute Gasteiger partial charge is 0.119 e. The first-order valence-corrected chi connectivity index (χ1v) is 13.0. The van der Waals surface area contributed by atoms with Gasteiger partial charge >= 0.3 is 0 Å². The van der Waals surface area contributed by atoms with Crippen LogP contribution in [0.5, 0.6) is 5.75 Å². The van der Waals surface area contributed by atoms with Gasteiger partial charge in [0.1, 0.15) is 12.4 Å². The van der Waals surface area contributed by atoms with Gasteiger partial charge in [0.05, 0.1) is 0 Å². The lowest BCUT2D eigenvalue weighted by Crippen LogP contribution is -2.25. The molecular formula is C28H28BrNOS. The fourth-order valence-electron chi connectivity index (χ4n) is 4.53. The lowest BCUT2D eigenvalue weighted by atomic mass is 9.98. The van der Waals surface area contributed by atoms with Crippen molar-refractivity contribution in [2.75, 3.05) is 26.2 Å². The quantitative estimate of drug-likeness (QED) is 0.255. The van der Waals surface area contributed by atoms with E-state index in [0.717, 1.165) is 29.8 Å². The minimum Gasteiger partial charge on any atom is -0.492 e. The highest BCUT2D eigenvalue weighted by Gasteiger charge is 2.15. The fourth-order valence-corrected chi connectivity index (χ4v) is 6.00. The van der Waals surface area contributed by atoms with Gasteiger partial charge in [0.25, 0.3) is 0 Å². The summed E-state index contributed by atoms with van der Waals surface area (Å²) in [7, 11) is 0. The molecule has 0 radical (unpaired) electrons. The van der Waals surface area contributed by atoms with Crippen LogP contribution in [-0.2, 0) is 6.42 Å². The van der Waals surface area contributed by atoms with Crippen molar-refractivity contribution >= 4 is 37.4 Å². The Labute approximate surface area is 203 Å². The summed E-state index contributed by atoms with van der Waals surface area (Å²) in [5.41, 5.74) is 5.30. The lowest BCUT2D eigenvalue weighted by Gasteiger charge is -2.15. The Kier molecular flexibility index (Phi) is 6.63. The molecule has 0 spiro atoms. The number of hydrogen-bond donors (Lipinski definition) is 0. The topological polar surface area (TPSA) is 12.5 Å². The van der Waals surface area contributed by atoms with E-state index in [1.54, 1.807) is 0 Å². The van der Waals surface area contributed by atoms with Crippen molar-refractivity contribution in [1.82, 2.24) is 4.90 Å². The molecule has 0 bridgehead atoms. The number of halogens is 1. The third-order valence-corrected chi connectivity index (χ3v) is 8.44. The molecule has 0 aliphatic carbocycles. The van der Waals surface area contributed by atoms with Crippen LogP contribution in [0, 0.1) is 6.92 Å². The Morgan fingerprint density at radius 1 is 0.969 bits per heavy atom. The first-order valence-electron chi connectivity index (χ1n) is 11.4. The summed E-state index contributed by atoms with van der Waals surface area (Å²) < 4.78 is 8.53. The average molecular weight is 507 g/mol. The van der Waals surface area contributed by atoms with E-state index >= 15 is 0 Å². The Bertz CT molecular complexity index is 1210. The normalized spacial score (nSPS) is 14.3. The van der Waals surface area contributed by atoms with Gasteiger partial charge in [0.2, 0.25) is 0 Å². The second-order valence-corrected chi connectivity index (χ2v) is 10.5. The lowest BCUT2D eigenvalue weighted by molar-refractivity contribution is 0.238. The molecule has 4 aromatic rings. The summed E-state index contributed by atoms with van der Waals surface area (Å²) in [6, 6.07) is 24.1. The van der Waals surface area contributed by atoms with Gasteiger partial charge in [-0.05, 0) is 103 Å². The highest BCUT2D eigenvalue weighted by molar-refractivity contribution is 9.10. The van der Waals surface area contributed by atoms with Crippen molar-refractivity contribution in [3.63, 3.8) is 0 Å². The van der Waals surface area contributed by atoms with E-state index < -0.39 is 0 Å². The largest absolute Gasteiger partial charge is 0.492 e. The minimum atomic E-state index is 0.760. The molecule has 0 saturated carbocycles. The minimum absolute atomic E-state index is 0.760. The van der Waals surface area contributed by atoms with Gasteiger partial charge in [-0.1, -0.05) is 46.3 Å². The molecule has 32 heavy (non-hydrogen) atoms. The zero-order valence-electron chi connectivity index (χ0n) is 18.4. The monoisotopic (exact) mass is 505 g/mol. The van der Waals surface area contributed by atoms with Gasteiger partial charge in [0.15, 0.2) is 0 Å². The molecule has 1 aliphatic heterocycles. The van der Waals surface area contributed by atoms with Gasteiger partial charge < -0.3 is 4.74 Å². The summed E-state index contributed by atoms with van der Waals surface area (Å²) in [6.07, 6.45) is 3.58. The highest BCUT2D eigenvalue weighted by atomic mass is 79.9. The van der Waals surface area contributed by atoms with Gasteiger partial charge in [-0.25, -0.2) is 0 Å². The van der Waals surface area contributed by atoms with Crippen LogP contribution >= 0.6 is 27.3 Å². The van der Waals surface area contributed by atoms with Crippen LogP contribution in [0.3, 0.4) is 0 Å². The van der Waals surface area contributed by atoms with Gasteiger partial charge in [0, 0.05) is 20.6 Å². The SMILES string of the molecule is Cc1cc(Cc2c(-c3ccc(OCCN4CCCC4)cc3)sc3ccccc23)ccc1Br. The number of fused-ring (bicyclic) bond motifs is 1. The van der Waals surface area contributed by atoms with Crippen LogP contribution < -0.4 is 4.74 Å². The molecule has 5 rings (SSSR count). The van der Waals surface area contributed by atoms with Crippen molar-refractivity contribution < 1.29 is 4.74 Å². The Morgan fingerprint density at radius 3 is 2.53 bits per heavy atom. The zero-order valence-corrected chi connectivity index (χ0v) is 20.8. The molecule has 164 valence electrons. The van der Waals surface area contributed by atoms with Crippen LogP contribution in [0.15, 0.2) is 71.2 Å². The molecule has 0 atom stereocenters. The number of thiophene rings is 1. The molecule has 1 fully saturated rings. The van der Waals surface area contributed by atoms with Crippen LogP contribution in [0.25, 0.3) is 20.5 Å². The Balaban J connectivity index is 1.39. The molecule has 1 saturated heterocycles. The van der Waals surface area contributed by atoms with Gasteiger partial charge in [-0.2, -0.15) is 0 Å². The maximum Gasteiger partial charge on any atom is 0.119 e. The molecule has 1 aromatic heterocycles. The Hall–Kier alpha value is -2.14. The second kappa shape index (κ2) is 9.78. The molecule has 1 aliphatic rings. The van der Waals surface area contributed by atoms with Crippen LogP contribution in [-0.4, -0.2) is 31.1 Å². The maximum atomic E-state index is 6.03. The molecule has 4 heteroatoms. The number of ether oxygens (including phenoxy) is 1. The summed E-state index contributed by atoms with van der Waals surface area (Å²) in [4.78, 5) is 3.84. The van der Waals surface area contributed by atoms with Gasteiger partial charge in [-0.15, -0.1) is 11.3 Å². The molecule has 0 unspecified atom stereocenters. The van der Waals surface area contributed by atoms with E-state index in [-0.39, 0.29) is 0 Å². The van der Waals surface area contributed by atoms with E-state index in [1.165, 1.54) is 63.1 Å². The molecule has 0 N–H and O–H groups in total. The summed E-state index contributed by atoms with van der Waals surface area (Å²) in [6.45, 7) is 6.37. The fraction of sp³-hybridized carbons (Fsp3) is 0.286. The molecule has 2 heterocycles. The van der Waals surface area contributed by atoms with Gasteiger partial charge in [-0.3, -0.25) is 4.90 Å². The van der Waals surface area contributed by atoms with E-state index in [2.05, 4.69) is 94.5 Å². The predicted octanol–water partition coefficient (Wildman–Crippen LogP) is 7.70. The van der Waals surface area contributed by atoms with Crippen LogP contribution in [0.1, 0.15) is 29.5 Å². The second-order valence-electron chi connectivity index (χ2n) is 8.59. The number of benzene rings is 3. The van der Waals surface area contributed by atoms with E-state index in [4.69, 9.17) is 4.74 Å². The average Bonchev–Trinajstić information content (AvgIpc) is 3.45. The predicted molar refractivity (Wildman–Crippen MR) is 140 cm³/mol. The van der Waals surface area contributed by atoms with Crippen LogP contribution in [0.4, 0.5) is 0 Å². The maximum absolute atomic E-state index is 6.03. The molecule has 2 nitrogen and oxygen atoms in total. The van der Waals surface area contributed by atoms with Crippen molar-refractivity contribution in [2.24, 2.45) is 0 Å². The summed E-state index contributed by atoms with van der Waals surface area (Å²) >= 11 is 5.52. The molecular weight excluding hydrogens is 478 g/mol. The summed E-state index contributed by atoms with van der Waals surface area (Å²) in [5, 5.41) is 1.36. The van der Waals surface area contributed by atoms with E-state index in [0.29, 0.717) is 0 Å². The third kappa shape index (κ3) is 4.78. The first kappa shape index (κ1) is 21.7. The van der Waals surface area contributed by atoms with Crippen molar-refractivity contribution in [3.8, 4) is 16.2 Å². The standard InChI is InChI=1S/C28H28BrNOS/c1-20-18-21(8-13-26(20)29)19-25-24-6-2-3-7-27(24)32-28(25)22-9-11-23(12-10-22)31-17-16-30-14-4-5-15-30/h2-3,6-13,18H,4-5,14-17,19H2,1H3. The zero-order chi connectivity index (χ0) is 21.9. The van der Waals surface area contributed by atoms with E-state index in [1.807, 2.05) is 11.3 Å². The number of hydrogen-bond acceptors (Lipinski definition) is 3. The van der Waals surface area contributed by atoms with Crippen LogP contribution in [0.2, 0.25) is 0 Å². The highest BCUT2D eigenvalue weighted by Crippen LogP contribution is 2.40. The van der Waals surface area contributed by atoms with Crippen molar-refractivity contribution in [2.45, 2.75) is 26.2 Å². The molecule has 0 amide bonds.